The van der Waals surface area contributed by atoms with Gasteiger partial charge in [-0.15, -0.1) is 0 Å². The lowest BCUT2D eigenvalue weighted by Gasteiger charge is -2.12. The molecule has 0 radical (unpaired) electrons. The Kier molecular flexibility index (Phi) is 4.81. The number of aromatic amines is 1. The third-order valence-corrected chi connectivity index (χ3v) is 7.54. The van der Waals surface area contributed by atoms with Crippen LogP contribution in [0, 0.1) is 0 Å². The van der Waals surface area contributed by atoms with Crippen LogP contribution in [0.2, 0.25) is 5.28 Å². The van der Waals surface area contributed by atoms with Gasteiger partial charge in [0.1, 0.15) is 0 Å². The highest BCUT2D eigenvalue weighted by molar-refractivity contribution is 6.28. The van der Waals surface area contributed by atoms with Crippen LogP contribution in [0.25, 0.3) is 72.1 Å². The second-order valence-electron chi connectivity index (χ2n) is 9.54. The molecule has 0 atom stereocenters. The highest BCUT2D eigenvalue weighted by Crippen LogP contribution is 2.38. The number of rotatable bonds is 3. The smallest absolute Gasteiger partial charge is 0.239 e. The van der Waals surface area contributed by atoms with Crippen LogP contribution >= 0.6 is 11.6 Å². The van der Waals surface area contributed by atoms with Crippen LogP contribution in [0.3, 0.4) is 0 Å². The number of aromatic nitrogens is 5. The Morgan fingerprint density at radius 2 is 1.10 bits per heavy atom. The Balaban J connectivity index is 1.38. The number of hydrogen-bond donors (Lipinski definition) is 1. The van der Waals surface area contributed by atoms with Crippen LogP contribution < -0.4 is 0 Å². The lowest BCUT2D eigenvalue weighted by Crippen LogP contribution is -2.05. The lowest BCUT2D eigenvalue weighted by atomic mass is 9.97. The molecule has 8 aromatic rings. The largest absolute Gasteiger partial charge is 0.354 e. The van der Waals surface area contributed by atoms with E-state index in [4.69, 9.17) is 16.6 Å². The molecule has 3 heterocycles. The topological polar surface area (TPSA) is 59.4 Å². The lowest BCUT2D eigenvalue weighted by molar-refractivity contribution is 0.947. The van der Waals surface area contributed by atoms with E-state index < -0.39 is 0 Å². The summed E-state index contributed by atoms with van der Waals surface area (Å²) in [6.45, 7) is 0. The minimum absolute atomic E-state index is 0.149. The fraction of sp³-hybridized carbons (Fsp3) is 0. The minimum atomic E-state index is 0.149. The van der Waals surface area contributed by atoms with Gasteiger partial charge in [0.2, 0.25) is 11.2 Å². The predicted octanol–water partition coefficient (Wildman–Crippen LogP) is 8.59. The van der Waals surface area contributed by atoms with Crippen molar-refractivity contribution in [2.45, 2.75) is 0 Å². The first-order valence-electron chi connectivity index (χ1n) is 12.8. The molecule has 0 aliphatic heterocycles. The van der Waals surface area contributed by atoms with E-state index in [0.29, 0.717) is 11.8 Å². The van der Waals surface area contributed by atoms with E-state index in [1.54, 1.807) is 0 Å². The monoisotopic (exact) mass is 521 g/mol. The third kappa shape index (κ3) is 3.37. The first-order chi connectivity index (χ1) is 19.3. The van der Waals surface area contributed by atoms with Crippen molar-refractivity contribution >= 4 is 55.2 Å². The van der Waals surface area contributed by atoms with Gasteiger partial charge in [-0.05, 0) is 35.4 Å². The van der Waals surface area contributed by atoms with E-state index in [0.717, 1.165) is 49.5 Å². The van der Waals surface area contributed by atoms with Crippen LogP contribution in [0.1, 0.15) is 0 Å². The van der Waals surface area contributed by atoms with E-state index >= 15 is 0 Å². The molecule has 0 amide bonds. The fourth-order valence-corrected chi connectivity index (χ4v) is 5.86. The SMILES string of the molecule is Clc1nc(-c2ccccc2-c2cccc3c2[nH]c2ccccc23)nc(-n2c3ccccc3c3ccccc32)n1. The summed E-state index contributed by atoms with van der Waals surface area (Å²) in [7, 11) is 0. The van der Waals surface area contributed by atoms with Gasteiger partial charge in [-0.1, -0.05) is 97.1 Å². The van der Waals surface area contributed by atoms with Gasteiger partial charge in [0.15, 0.2) is 5.82 Å². The maximum Gasteiger partial charge on any atom is 0.239 e. The number of halogens is 1. The van der Waals surface area contributed by atoms with Crippen molar-refractivity contribution in [3.05, 3.63) is 121 Å². The van der Waals surface area contributed by atoms with E-state index in [9.17, 15) is 0 Å². The maximum atomic E-state index is 6.58. The predicted molar refractivity (Wildman–Crippen MR) is 159 cm³/mol. The average Bonchev–Trinajstić information content (AvgIpc) is 3.53. The van der Waals surface area contributed by atoms with Gasteiger partial charge in [0, 0.05) is 38.2 Å². The van der Waals surface area contributed by atoms with Crippen molar-refractivity contribution in [2.24, 2.45) is 0 Å². The molecule has 184 valence electrons. The number of nitrogens with zero attached hydrogens (tertiary/aromatic N) is 4. The van der Waals surface area contributed by atoms with Crippen LogP contribution in [0.4, 0.5) is 0 Å². The van der Waals surface area contributed by atoms with Crippen LogP contribution in [-0.4, -0.2) is 24.5 Å². The van der Waals surface area contributed by atoms with Crippen LogP contribution in [0.5, 0.6) is 0 Å². The number of benzene rings is 5. The maximum absolute atomic E-state index is 6.58. The van der Waals surface area contributed by atoms with E-state index in [-0.39, 0.29) is 5.28 Å². The molecule has 0 saturated heterocycles. The van der Waals surface area contributed by atoms with E-state index in [2.05, 4.69) is 86.2 Å². The Labute approximate surface area is 228 Å². The van der Waals surface area contributed by atoms with Gasteiger partial charge in [-0.3, -0.25) is 4.57 Å². The summed E-state index contributed by atoms with van der Waals surface area (Å²) in [5.41, 5.74) is 7.20. The molecule has 0 aliphatic rings. The van der Waals surface area contributed by atoms with Gasteiger partial charge in [-0.2, -0.15) is 15.0 Å². The molecular formula is C33H20ClN5. The van der Waals surface area contributed by atoms with Gasteiger partial charge < -0.3 is 4.98 Å². The van der Waals surface area contributed by atoms with Crippen molar-refractivity contribution in [3.8, 4) is 28.5 Å². The Hall–Kier alpha value is -5.00. The fourth-order valence-electron chi connectivity index (χ4n) is 5.71. The van der Waals surface area contributed by atoms with Gasteiger partial charge in [0.05, 0.1) is 16.6 Å². The van der Waals surface area contributed by atoms with Gasteiger partial charge >= 0.3 is 0 Å². The molecule has 1 N–H and O–H groups in total. The van der Waals surface area contributed by atoms with Crippen LogP contribution in [0.15, 0.2) is 115 Å². The second-order valence-corrected chi connectivity index (χ2v) is 9.88. The zero-order valence-electron chi connectivity index (χ0n) is 20.6. The molecule has 0 bridgehead atoms. The summed E-state index contributed by atoms with van der Waals surface area (Å²) in [6, 6.07) is 39.5. The first-order valence-corrected chi connectivity index (χ1v) is 13.1. The summed E-state index contributed by atoms with van der Waals surface area (Å²) in [4.78, 5) is 17.8. The molecule has 3 aromatic heterocycles. The normalized spacial score (nSPS) is 11.7. The zero-order valence-corrected chi connectivity index (χ0v) is 21.4. The highest BCUT2D eigenvalue weighted by atomic mass is 35.5. The van der Waals surface area contributed by atoms with Crippen LogP contribution in [-0.2, 0) is 0 Å². The summed E-state index contributed by atoms with van der Waals surface area (Å²) in [6.07, 6.45) is 0. The van der Waals surface area contributed by atoms with E-state index in [1.807, 2.05) is 48.5 Å². The number of hydrogen-bond acceptors (Lipinski definition) is 3. The molecule has 5 aromatic carbocycles. The molecule has 0 aliphatic carbocycles. The van der Waals surface area contributed by atoms with Crippen molar-refractivity contribution in [3.63, 3.8) is 0 Å². The first kappa shape index (κ1) is 22.0. The summed E-state index contributed by atoms with van der Waals surface area (Å²) < 4.78 is 2.06. The zero-order chi connectivity index (χ0) is 25.9. The number of nitrogens with one attached hydrogen (secondary N) is 1. The van der Waals surface area contributed by atoms with Crippen molar-refractivity contribution in [1.29, 1.82) is 0 Å². The molecule has 39 heavy (non-hydrogen) atoms. The molecular weight excluding hydrogens is 502 g/mol. The van der Waals surface area contributed by atoms with E-state index in [1.165, 1.54) is 10.8 Å². The second kappa shape index (κ2) is 8.51. The van der Waals surface area contributed by atoms with Crippen molar-refractivity contribution < 1.29 is 0 Å². The van der Waals surface area contributed by atoms with Crippen molar-refractivity contribution in [1.82, 2.24) is 24.5 Å². The Morgan fingerprint density at radius 3 is 1.87 bits per heavy atom. The molecule has 8 rings (SSSR count). The molecule has 0 unspecified atom stereocenters. The summed E-state index contributed by atoms with van der Waals surface area (Å²) in [5.74, 6) is 1.01. The van der Waals surface area contributed by atoms with Gasteiger partial charge in [-0.25, -0.2) is 0 Å². The Bertz CT molecular complexity index is 2160. The third-order valence-electron chi connectivity index (χ3n) is 7.38. The molecule has 5 nitrogen and oxygen atoms in total. The molecule has 0 fully saturated rings. The highest BCUT2D eigenvalue weighted by Gasteiger charge is 2.19. The average molecular weight is 522 g/mol. The minimum Gasteiger partial charge on any atom is -0.354 e. The quantitative estimate of drug-likeness (QED) is 0.253. The molecule has 6 heteroatoms. The standard InChI is InChI=1S/C33H20ClN5/c34-32-36-31(37-33(38-32)39-28-18-7-4-12-22(28)23-13-5-8-19-29(23)39)26-14-2-1-10-20(26)24-15-9-16-25-21-11-3-6-17-27(21)35-30(24)25/h1-19,35H. The molecule has 0 saturated carbocycles. The van der Waals surface area contributed by atoms with Gasteiger partial charge in [0.25, 0.3) is 0 Å². The number of H-pyrrole nitrogens is 1. The number of fused-ring (bicyclic) bond motifs is 6. The summed E-state index contributed by atoms with van der Waals surface area (Å²) in [5, 5.41) is 4.80. The van der Waals surface area contributed by atoms with Crippen molar-refractivity contribution in [2.75, 3.05) is 0 Å². The Morgan fingerprint density at radius 1 is 0.513 bits per heavy atom. The number of para-hydroxylation sites is 4. The molecule has 0 spiro atoms. The summed E-state index contributed by atoms with van der Waals surface area (Å²) >= 11 is 6.58.